The highest BCUT2D eigenvalue weighted by Crippen LogP contribution is 2.23. The number of aryl methyl sites for hydroxylation is 1. The van der Waals surface area contributed by atoms with Gasteiger partial charge in [0, 0.05) is 50.3 Å². The number of rotatable bonds is 4. The monoisotopic (exact) mass is 378 g/mol. The van der Waals surface area contributed by atoms with Crippen molar-refractivity contribution in [3.63, 3.8) is 0 Å². The molecule has 0 spiro atoms. The number of hydrogen-bond donors (Lipinski definition) is 1. The molecule has 5 heteroatoms. The van der Waals surface area contributed by atoms with Crippen molar-refractivity contribution in [1.29, 1.82) is 0 Å². The Bertz CT molecular complexity index is 808. The molecule has 1 aliphatic heterocycles. The van der Waals surface area contributed by atoms with Crippen molar-refractivity contribution < 1.29 is 4.79 Å². The third kappa shape index (κ3) is 4.46. The summed E-state index contributed by atoms with van der Waals surface area (Å²) in [5, 5.41) is 3.57. The number of carbonyl (C=O) groups is 1. The number of hydrogen-bond acceptors (Lipinski definition) is 4. The van der Waals surface area contributed by atoms with Crippen LogP contribution in [0.15, 0.2) is 42.7 Å². The molecular weight excluding hydrogens is 348 g/mol. The van der Waals surface area contributed by atoms with Gasteiger partial charge in [-0.05, 0) is 43.5 Å². The van der Waals surface area contributed by atoms with E-state index in [9.17, 15) is 4.79 Å². The van der Waals surface area contributed by atoms with Crippen LogP contribution in [0.2, 0.25) is 0 Å². The van der Waals surface area contributed by atoms with Gasteiger partial charge in [-0.15, -0.1) is 0 Å². The van der Waals surface area contributed by atoms with E-state index in [0.717, 1.165) is 31.9 Å². The Morgan fingerprint density at radius 2 is 1.82 bits per heavy atom. The highest BCUT2D eigenvalue weighted by Gasteiger charge is 2.23. The summed E-state index contributed by atoms with van der Waals surface area (Å²) in [6, 6.07) is 11.1. The van der Waals surface area contributed by atoms with E-state index in [-0.39, 0.29) is 5.91 Å². The standard InChI is InChI=1S/C23H30N4O/c1-18-6-5-9-22(14-18)26-10-12-27(13-11-26)23(28)19-15-21(17-24-16-19)25-20-7-3-2-4-8-20/h5-6,9,14-17,20,25H,2-4,7-8,10-13H2,1H3. The number of amides is 1. The summed E-state index contributed by atoms with van der Waals surface area (Å²) >= 11 is 0. The largest absolute Gasteiger partial charge is 0.381 e. The molecule has 2 aromatic rings. The van der Waals surface area contributed by atoms with Crippen LogP contribution in [-0.4, -0.2) is 48.0 Å². The molecule has 4 rings (SSSR count). The van der Waals surface area contributed by atoms with Gasteiger partial charge < -0.3 is 15.1 Å². The number of nitrogens with one attached hydrogen (secondary N) is 1. The number of aromatic nitrogens is 1. The number of pyridine rings is 1. The van der Waals surface area contributed by atoms with E-state index >= 15 is 0 Å². The first kappa shape index (κ1) is 18.8. The minimum Gasteiger partial charge on any atom is -0.381 e. The average Bonchev–Trinajstić information content (AvgIpc) is 2.74. The fraction of sp³-hybridized carbons (Fsp3) is 0.478. The third-order valence-electron chi connectivity index (χ3n) is 5.89. The number of benzene rings is 1. The second-order valence-corrected chi connectivity index (χ2v) is 8.06. The summed E-state index contributed by atoms with van der Waals surface area (Å²) in [7, 11) is 0. The van der Waals surface area contributed by atoms with E-state index in [1.807, 2.05) is 17.2 Å². The van der Waals surface area contributed by atoms with Crippen molar-refractivity contribution in [2.45, 2.75) is 45.1 Å². The molecular formula is C23H30N4O. The van der Waals surface area contributed by atoms with Gasteiger partial charge in [0.25, 0.3) is 5.91 Å². The SMILES string of the molecule is Cc1cccc(N2CCN(C(=O)c3cncc(NC4CCCCC4)c3)CC2)c1. The van der Waals surface area contributed by atoms with Crippen molar-refractivity contribution in [2.24, 2.45) is 0 Å². The first-order chi connectivity index (χ1) is 13.7. The number of piperazine rings is 1. The minimum atomic E-state index is 0.0867. The first-order valence-corrected chi connectivity index (χ1v) is 10.5. The molecule has 1 aromatic carbocycles. The lowest BCUT2D eigenvalue weighted by Crippen LogP contribution is -2.48. The summed E-state index contributed by atoms with van der Waals surface area (Å²) in [4.78, 5) is 21.6. The van der Waals surface area contributed by atoms with Gasteiger partial charge in [0.05, 0.1) is 11.3 Å². The molecule has 5 nitrogen and oxygen atoms in total. The minimum absolute atomic E-state index is 0.0867. The zero-order valence-electron chi connectivity index (χ0n) is 16.7. The van der Waals surface area contributed by atoms with Gasteiger partial charge in [-0.1, -0.05) is 31.4 Å². The summed E-state index contributed by atoms with van der Waals surface area (Å²) < 4.78 is 0. The van der Waals surface area contributed by atoms with Crippen molar-refractivity contribution in [1.82, 2.24) is 9.88 Å². The summed E-state index contributed by atoms with van der Waals surface area (Å²) in [5.41, 5.74) is 4.16. The van der Waals surface area contributed by atoms with Crippen LogP contribution in [-0.2, 0) is 0 Å². The summed E-state index contributed by atoms with van der Waals surface area (Å²) in [6.45, 7) is 5.33. The second-order valence-electron chi connectivity index (χ2n) is 8.06. The lowest BCUT2D eigenvalue weighted by molar-refractivity contribution is 0.0746. The topological polar surface area (TPSA) is 48.5 Å². The van der Waals surface area contributed by atoms with Gasteiger partial charge in [0.1, 0.15) is 0 Å². The molecule has 1 aliphatic carbocycles. The smallest absolute Gasteiger partial charge is 0.255 e. The average molecular weight is 379 g/mol. The van der Waals surface area contributed by atoms with Gasteiger partial charge >= 0.3 is 0 Å². The predicted molar refractivity (Wildman–Crippen MR) is 114 cm³/mol. The van der Waals surface area contributed by atoms with Gasteiger partial charge in [-0.3, -0.25) is 9.78 Å². The molecule has 148 valence electrons. The highest BCUT2D eigenvalue weighted by atomic mass is 16.2. The van der Waals surface area contributed by atoms with Crippen molar-refractivity contribution in [3.8, 4) is 0 Å². The molecule has 1 N–H and O–H groups in total. The Morgan fingerprint density at radius 3 is 2.57 bits per heavy atom. The third-order valence-corrected chi connectivity index (χ3v) is 5.89. The van der Waals surface area contributed by atoms with E-state index in [1.165, 1.54) is 43.4 Å². The molecule has 0 atom stereocenters. The van der Waals surface area contributed by atoms with Crippen molar-refractivity contribution in [2.75, 3.05) is 36.4 Å². The normalized spacial score (nSPS) is 18.2. The molecule has 2 fully saturated rings. The first-order valence-electron chi connectivity index (χ1n) is 10.5. The molecule has 1 amide bonds. The van der Waals surface area contributed by atoms with E-state index in [4.69, 9.17) is 0 Å². The van der Waals surface area contributed by atoms with E-state index < -0.39 is 0 Å². The van der Waals surface area contributed by atoms with Crippen LogP contribution in [0.4, 0.5) is 11.4 Å². The lowest BCUT2D eigenvalue weighted by atomic mass is 9.95. The van der Waals surface area contributed by atoms with Gasteiger partial charge in [-0.25, -0.2) is 0 Å². The molecule has 0 unspecified atom stereocenters. The molecule has 1 saturated carbocycles. The zero-order valence-corrected chi connectivity index (χ0v) is 16.7. The van der Waals surface area contributed by atoms with E-state index in [2.05, 4.69) is 46.4 Å². The van der Waals surface area contributed by atoms with Gasteiger partial charge in [0.15, 0.2) is 0 Å². The summed E-state index contributed by atoms with van der Waals surface area (Å²) in [6.07, 6.45) is 9.86. The maximum atomic E-state index is 13.0. The fourth-order valence-corrected chi connectivity index (χ4v) is 4.29. The molecule has 0 bridgehead atoms. The maximum absolute atomic E-state index is 13.0. The van der Waals surface area contributed by atoms with Crippen LogP contribution in [0.3, 0.4) is 0 Å². The molecule has 0 radical (unpaired) electrons. The van der Waals surface area contributed by atoms with Crippen molar-refractivity contribution >= 4 is 17.3 Å². The quantitative estimate of drug-likeness (QED) is 0.870. The summed E-state index contributed by atoms with van der Waals surface area (Å²) in [5.74, 6) is 0.0867. The van der Waals surface area contributed by atoms with Crippen molar-refractivity contribution in [3.05, 3.63) is 53.9 Å². The van der Waals surface area contributed by atoms with Crippen LogP contribution >= 0.6 is 0 Å². The van der Waals surface area contributed by atoms with Crippen LogP contribution in [0.5, 0.6) is 0 Å². The molecule has 1 saturated heterocycles. The van der Waals surface area contributed by atoms with Crippen LogP contribution in [0, 0.1) is 6.92 Å². The lowest BCUT2D eigenvalue weighted by Gasteiger charge is -2.36. The fourth-order valence-electron chi connectivity index (χ4n) is 4.29. The Hall–Kier alpha value is -2.56. The van der Waals surface area contributed by atoms with E-state index in [0.29, 0.717) is 11.6 Å². The number of anilines is 2. The van der Waals surface area contributed by atoms with Gasteiger partial charge in [0.2, 0.25) is 0 Å². The molecule has 2 heterocycles. The number of nitrogens with zero attached hydrogens (tertiary/aromatic N) is 3. The van der Waals surface area contributed by atoms with E-state index in [1.54, 1.807) is 6.20 Å². The Balaban J connectivity index is 1.36. The van der Waals surface area contributed by atoms with Crippen LogP contribution in [0.1, 0.15) is 48.0 Å². The van der Waals surface area contributed by atoms with Crippen LogP contribution < -0.4 is 10.2 Å². The Morgan fingerprint density at radius 1 is 1.04 bits per heavy atom. The predicted octanol–water partition coefficient (Wildman–Crippen LogP) is 4.10. The highest BCUT2D eigenvalue weighted by molar-refractivity contribution is 5.95. The molecule has 2 aliphatic rings. The van der Waals surface area contributed by atoms with Gasteiger partial charge in [-0.2, -0.15) is 0 Å². The Labute approximate surface area is 167 Å². The van der Waals surface area contributed by atoms with Crippen LogP contribution in [0.25, 0.3) is 0 Å². The molecule has 28 heavy (non-hydrogen) atoms. The Kier molecular flexibility index (Phi) is 5.79. The molecule has 1 aromatic heterocycles. The second kappa shape index (κ2) is 8.63. The zero-order chi connectivity index (χ0) is 19.3. The number of carbonyl (C=O) groups excluding carboxylic acids is 1. The maximum Gasteiger partial charge on any atom is 0.255 e.